The number of nitrogens with one attached hydrogen (secondary N) is 1. The third-order valence-electron chi connectivity index (χ3n) is 2.68. The Bertz CT molecular complexity index is 472. The van der Waals surface area contributed by atoms with Crippen LogP contribution in [0.4, 0.5) is 20.2 Å². The Morgan fingerprint density at radius 1 is 1.52 bits per heavy atom. The Kier molecular flexibility index (Phi) is 6.83. The normalized spacial score (nSPS) is 11.0. The van der Waals surface area contributed by atoms with E-state index in [4.69, 9.17) is 15.6 Å². The molecule has 0 bridgehead atoms. The third kappa shape index (κ3) is 5.92. The number of aliphatic hydroxyl groups excluding tert-OH is 1. The fourth-order valence-electron chi connectivity index (χ4n) is 1.79. The predicted molar refractivity (Wildman–Crippen MR) is 75.6 cm³/mol. The zero-order valence-corrected chi connectivity index (χ0v) is 11.7. The second-order valence-electron chi connectivity index (χ2n) is 4.36. The number of hydrogen-bond donors (Lipinski definition) is 3. The van der Waals surface area contributed by atoms with Crippen molar-refractivity contribution >= 4 is 17.3 Å². The van der Waals surface area contributed by atoms with Crippen molar-refractivity contribution in [2.24, 2.45) is 0 Å². The molecular formula is C13H19F2N3O3. The Morgan fingerprint density at radius 2 is 2.24 bits per heavy atom. The second-order valence-corrected chi connectivity index (χ2v) is 4.36. The van der Waals surface area contributed by atoms with Crippen LogP contribution in [0.2, 0.25) is 0 Å². The van der Waals surface area contributed by atoms with Crippen molar-refractivity contribution < 1.29 is 23.4 Å². The van der Waals surface area contributed by atoms with Crippen molar-refractivity contribution in [3.63, 3.8) is 0 Å². The van der Waals surface area contributed by atoms with Gasteiger partial charge < -0.3 is 20.9 Å². The molecule has 6 nitrogen and oxygen atoms in total. The third-order valence-corrected chi connectivity index (χ3v) is 2.68. The molecule has 0 spiro atoms. The van der Waals surface area contributed by atoms with Gasteiger partial charge in [-0.25, -0.2) is 8.78 Å². The van der Waals surface area contributed by atoms with E-state index >= 15 is 0 Å². The van der Waals surface area contributed by atoms with Crippen LogP contribution in [0.1, 0.15) is 0 Å². The lowest BCUT2D eigenvalue weighted by Crippen LogP contribution is -2.38. The first-order valence-electron chi connectivity index (χ1n) is 6.31. The molecule has 0 aliphatic carbocycles. The van der Waals surface area contributed by atoms with Gasteiger partial charge in [0.2, 0.25) is 5.91 Å². The van der Waals surface area contributed by atoms with Crippen molar-refractivity contribution in [3.8, 4) is 5.75 Å². The zero-order valence-electron chi connectivity index (χ0n) is 11.7. The molecule has 8 heteroatoms. The highest BCUT2D eigenvalue weighted by Gasteiger charge is 2.16. The number of carbonyl (C=O) groups excluding carboxylic acids is 1. The lowest BCUT2D eigenvalue weighted by Gasteiger charge is -2.20. The van der Waals surface area contributed by atoms with Gasteiger partial charge in [0.05, 0.1) is 32.5 Å². The van der Waals surface area contributed by atoms with E-state index in [1.54, 1.807) is 12.1 Å². The summed E-state index contributed by atoms with van der Waals surface area (Å²) in [6.45, 7) is -1.15. The molecule has 0 atom stereocenters. The summed E-state index contributed by atoms with van der Waals surface area (Å²) < 4.78 is 29.8. The van der Waals surface area contributed by atoms with Crippen LogP contribution >= 0.6 is 0 Å². The Morgan fingerprint density at radius 3 is 2.81 bits per heavy atom. The zero-order chi connectivity index (χ0) is 15.8. The monoisotopic (exact) mass is 303 g/mol. The molecule has 0 aliphatic heterocycles. The van der Waals surface area contributed by atoms with Crippen LogP contribution in [0.5, 0.6) is 5.75 Å². The number of rotatable bonds is 8. The van der Waals surface area contributed by atoms with Gasteiger partial charge in [0.15, 0.2) is 0 Å². The fraction of sp³-hybridized carbons (Fsp3) is 0.462. The van der Waals surface area contributed by atoms with Crippen molar-refractivity contribution in [3.05, 3.63) is 18.2 Å². The molecule has 1 aromatic rings. The summed E-state index contributed by atoms with van der Waals surface area (Å²) in [5.41, 5.74) is 6.42. The first-order valence-corrected chi connectivity index (χ1v) is 6.31. The molecule has 1 rings (SSSR count). The lowest BCUT2D eigenvalue weighted by atomic mass is 10.2. The molecule has 0 aliphatic rings. The van der Waals surface area contributed by atoms with E-state index in [1.165, 1.54) is 18.1 Å². The molecule has 1 amide bonds. The summed E-state index contributed by atoms with van der Waals surface area (Å²) in [4.78, 5) is 13.0. The minimum atomic E-state index is -2.58. The molecular weight excluding hydrogens is 284 g/mol. The molecule has 21 heavy (non-hydrogen) atoms. The highest BCUT2D eigenvalue weighted by Crippen LogP contribution is 2.26. The van der Waals surface area contributed by atoms with Gasteiger partial charge in [-0.1, -0.05) is 0 Å². The quantitative estimate of drug-likeness (QED) is 0.618. The maximum atomic E-state index is 12.4. The summed E-state index contributed by atoms with van der Waals surface area (Å²) in [7, 11) is 1.44. The van der Waals surface area contributed by atoms with E-state index < -0.39 is 18.9 Å². The summed E-state index contributed by atoms with van der Waals surface area (Å²) in [6.07, 6.45) is -2.58. The highest BCUT2D eigenvalue weighted by molar-refractivity contribution is 5.94. The van der Waals surface area contributed by atoms with Crippen LogP contribution in [-0.4, -0.2) is 55.7 Å². The average molecular weight is 303 g/mol. The van der Waals surface area contributed by atoms with Crippen LogP contribution in [0, 0.1) is 0 Å². The number of halogens is 2. The van der Waals surface area contributed by atoms with Gasteiger partial charge >= 0.3 is 0 Å². The van der Waals surface area contributed by atoms with Gasteiger partial charge in [0, 0.05) is 12.2 Å². The van der Waals surface area contributed by atoms with E-state index in [1.807, 2.05) is 0 Å². The van der Waals surface area contributed by atoms with Crippen molar-refractivity contribution in [1.29, 1.82) is 0 Å². The Balaban J connectivity index is 2.69. The molecule has 0 saturated heterocycles. The summed E-state index contributed by atoms with van der Waals surface area (Å²) in [6, 6.07) is 4.72. The maximum absolute atomic E-state index is 12.4. The van der Waals surface area contributed by atoms with E-state index in [-0.39, 0.29) is 19.7 Å². The lowest BCUT2D eigenvalue weighted by molar-refractivity contribution is -0.117. The number of nitrogens with zero attached hydrogens (tertiary/aromatic N) is 1. The molecule has 118 valence electrons. The number of nitrogen functional groups attached to an aromatic ring is 1. The number of amides is 1. The van der Waals surface area contributed by atoms with Crippen LogP contribution < -0.4 is 15.8 Å². The summed E-state index contributed by atoms with van der Waals surface area (Å²) >= 11 is 0. The van der Waals surface area contributed by atoms with Gasteiger partial charge in [-0.2, -0.15) is 0 Å². The van der Waals surface area contributed by atoms with E-state index in [2.05, 4.69) is 5.32 Å². The Hall–Kier alpha value is -1.93. The largest absolute Gasteiger partial charge is 0.495 e. The summed E-state index contributed by atoms with van der Waals surface area (Å²) in [5, 5.41) is 11.4. The van der Waals surface area contributed by atoms with E-state index in [0.29, 0.717) is 17.1 Å². The van der Waals surface area contributed by atoms with Gasteiger partial charge in [0.1, 0.15) is 5.75 Å². The number of nitrogens with two attached hydrogens (primary N) is 1. The van der Waals surface area contributed by atoms with Crippen molar-refractivity contribution in [1.82, 2.24) is 4.90 Å². The van der Waals surface area contributed by atoms with Crippen LogP contribution in [-0.2, 0) is 4.79 Å². The SMILES string of the molecule is COc1ccc(N)cc1NC(=O)CN(CCO)CC(F)F. The molecule has 0 aromatic heterocycles. The van der Waals surface area contributed by atoms with E-state index in [9.17, 15) is 13.6 Å². The molecule has 0 saturated carbocycles. The average Bonchev–Trinajstić information content (AvgIpc) is 2.38. The first kappa shape index (κ1) is 17.1. The number of anilines is 2. The second kappa shape index (κ2) is 8.38. The molecule has 0 heterocycles. The number of aliphatic hydroxyl groups is 1. The number of carbonyl (C=O) groups is 1. The first-order chi connectivity index (χ1) is 9.96. The number of benzene rings is 1. The highest BCUT2D eigenvalue weighted by atomic mass is 19.3. The van der Waals surface area contributed by atoms with Crippen LogP contribution in [0.25, 0.3) is 0 Å². The number of hydrogen-bond acceptors (Lipinski definition) is 5. The fourth-order valence-corrected chi connectivity index (χ4v) is 1.79. The van der Waals surface area contributed by atoms with Crippen LogP contribution in [0.3, 0.4) is 0 Å². The number of ether oxygens (including phenoxy) is 1. The van der Waals surface area contributed by atoms with Gasteiger partial charge in [-0.15, -0.1) is 0 Å². The predicted octanol–water partition coefficient (Wildman–Crippen LogP) is 0.775. The number of methoxy groups -OCH3 is 1. The minimum Gasteiger partial charge on any atom is -0.495 e. The number of alkyl halides is 2. The smallest absolute Gasteiger partial charge is 0.251 e. The standard InChI is InChI=1S/C13H19F2N3O3/c1-21-11-3-2-9(16)6-10(11)17-13(20)8-18(4-5-19)7-12(14)15/h2-3,6,12,19H,4-5,7-8,16H2,1H3,(H,17,20). The molecule has 1 aromatic carbocycles. The topological polar surface area (TPSA) is 87.8 Å². The van der Waals surface area contributed by atoms with E-state index in [0.717, 1.165) is 0 Å². The van der Waals surface area contributed by atoms with Crippen molar-refractivity contribution in [2.45, 2.75) is 6.43 Å². The molecule has 0 unspecified atom stereocenters. The molecule has 4 N–H and O–H groups in total. The van der Waals surface area contributed by atoms with Crippen LogP contribution in [0.15, 0.2) is 18.2 Å². The van der Waals surface area contributed by atoms with Gasteiger partial charge in [-0.3, -0.25) is 9.69 Å². The minimum absolute atomic E-state index is 0.00811. The molecule has 0 fully saturated rings. The van der Waals surface area contributed by atoms with Gasteiger partial charge in [-0.05, 0) is 18.2 Å². The van der Waals surface area contributed by atoms with Gasteiger partial charge in [0.25, 0.3) is 6.43 Å². The maximum Gasteiger partial charge on any atom is 0.251 e. The Labute approximate surface area is 121 Å². The molecule has 0 radical (unpaired) electrons. The summed E-state index contributed by atoms with van der Waals surface area (Å²) in [5.74, 6) is -0.0758. The van der Waals surface area contributed by atoms with Crippen molar-refractivity contribution in [2.75, 3.05) is 44.4 Å².